The van der Waals surface area contributed by atoms with Gasteiger partial charge >= 0.3 is 5.63 Å². The van der Waals surface area contributed by atoms with Crippen molar-refractivity contribution < 1.29 is 13.9 Å². The fourth-order valence-electron chi connectivity index (χ4n) is 3.04. The molecule has 3 N–H and O–H groups in total. The first-order valence-corrected chi connectivity index (χ1v) is 9.19. The Kier molecular flexibility index (Phi) is 5.57. The molecule has 0 fully saturated rings. The molecule has 0 unspecified atom stereocenters. The zero-order chi connectivity index (χ0) is 21.2. The number of carbonyl (C=O) groups is 1. The zero-order valence-electron chi connectivity index (χ0n) is 16.7. The van der Waals surface area contributed by atoms with Crippen LogP contribution in [0.15, 0.2) is 64.3 Å². The largest absolute Gasteiger partial charge is 0.497 e. The molecule has 0 saturated carbocycles. The van der Waals surface area contributed by atoms with Crippen LogP contribution in [0.4, 0.5) is 5.69 Å². The standard InChI is InChI=1S/C23H24N2O4/c1-5-6-14-11-18(28-4)12-15-13-19(22(27)29-20(14)15)21(26)25-17-9-7-16(8-10-17)23(2,3)24/h5,7-13H,1,6,24H2,2-4H3,(H,25,26). The SMILES string of the molecule is C=CCc1cc(OC)cc2cc(C(=O)Nc3ccc(C(C)(C)N)cc3)c(=O)oc12. The highest BCUT2D eigenvalue weighted by Gasteiger charge is 2.17. The van der Waals surface area contributed by atoms with E-state index in [1.807, 2.05) is 26.0 Å². The molecule has 0 saturated heterocycles. The van der Waals surface area contributed by atoms with Crippen molar-refractivity contribution in [3.63, 3.8) is 0 Å². The third kappa shape index (κ3) is 4.38. The van der Waals surface area contributed by atoms with Gasteiger partial charge in [0.15, 0.2) is 0 Å². The molecule has 0 aliphatic heterocycles. The van der Waals surface area contributed by atoms with E-state index in [9.17, 15) is 9.59 Å². The summed E-state index contributed by atoms with van der Waals surface area (Å²) < 4.78 is 10.8. The van der Waals surface area contributed by atoms with Crippen LogP contribution in [0.25, 0.3) is 11.0 Å². The summed E-state index contributed by atoms with van der Waals surface area (Å²) in [6, 6.07) is 12.2. The van der Waals surface area contributed by atoms with Crippen molar-refractivity contribution in [2.24, 2.45) is 5.73 Å². The highest BCUT2D eigenvalue weighted by molar-refractivity contribution is 6.05. The minimum absolute atomic E-state index is 0.0847. The number of fused-ring (bicyclic) bond motifs is 1. The number of hydrogen-bond donors (Lipinski definition) is 2. The van der Waals surface area contributed by atoms with Gasteiger partial charge in [-0.2, -0.15) is 0 Å². The van der Waals surface area contributed by atoms with Crippen molar-refractivity contribution in [1.29, 1.82) is 0 Å². The normalized spacial score (nSPS) is 11.3. The Morgan fingerprint density at radius 3 is 2.52 bits per heavy atom. The molecule has 1 amide bonds. The molecule has 6 heteroatoms. The lowest BCUT2D eigenvalue weighted by atomic mass is 9.95. The van der Waals surface area contributed by atoms with Gasteiger partial charge < -0.3 is 20.2 Å². The third-order valence-corrected chi connectivity index (χ3v) is 4.61. The number of allylic oxidation sites excluding steroid dienone is 1. The van der Waals surface area contributed by atoms with Gasteiger partial charge in [0.25, 0.3) is 5.91 Å². The lowest BCUT2D eigenvalue weighted by molar-refractivity contribution is 0.102. The summed E-state index contributed by atoms with van der Waals surface area (Å²) in [5.74, 6) is 0.0584. The van der Waals surface area contributed by atoms with Crippen molar-refractivity contribution in [3.8, 4) is 5.75 Å². The highest BCUT2D eigenvalue weighted by atomic mass is 16.5. The lowest BCUT2D eigenvalue weighted by Gasteiger charge is -2.19. The molecule has 2 aromatic carbocycles. The number of nitrogens with one attached hydrogen (secondary N) is 1. The van der Waals surface area contributed by atoms with Crippen molar-refractivity contribution in [1.82, 2.24) is 0 Å². The maximum Gasteiger partial charge on any atom is 0.349 e. The molecule has 0 aliphatic carbocycles. The van der Waals surface area contributed by atoms with Crippen LogP contribution in [0.5, 0.6) is 5.75 Å². The fraction of sp³-hybridized carbons (Fsp3) is 0.217. The molecule has 3 aromatic rings. The van der Waals surface area contributed by atoms with E-state index < -0.39 is 17.1 Å². The van der Waals surface area contributed by atoms with Gasteiger partial charge in [0.05, 0.1) is 7.11 Å². The number of nitrogens with two attached hydrogens (primary N) is 1. The summed E-state index contributed by atoms with van der Waals surface area (Å²) >= 11 is 0. The van der Waals surface area contributed by atoms with Crippen molar-refractivity contribution in [2.75, 3.05) is 12.4 Å². The highest BCUT2D eigenvalue weighted by Crippen LogP contribution is 2.26. The smallest absolute Gasteiger partial charge is 0.349 e. The maximum atomic E-state index is 12.7. The first kappa shape index (κ1) is 20.4. The number of hydrogen-bond acceptors (Lipinski definition) is 5. The van der Waals surface area contributed by atoms with Crippen LogP contribution in [-0.2, 0) is 12.0 Å². The zero-order valence-corrected chi connectivity index (χ0v) is 16.7. The Labute approximate surface area is 169 Å². The minimum atomic E-state index is -0.704. The van der Waals surface area contributed by atoms with Gasteiger partial charge in [-0.3, -0.25) is 4.79 Å². The molecule has 29 heavy (non-hydrogen) atoms. The van der Waals surface area contributed by atoms with Gasteiger partial charge in [0, 0.05) is 22.2 Å². The van der Waals surface area contributed by atoms with Crippen molar-refractivity contribution >= 4 is 22.6 Å². The summed E-state index contributed by atoms with van der Waals surface area (Å²) in [6.45, 7) is 7.52. The molecule has 6 nitrogen and oxygen atoms in total. The van der Waals surface area contributed by atoms with Crippen molar-refractivity contribution in [3.05, 3.63) is 82.2 Å². The van der Waals surface area contributed by atoms with Crippen LogP contribution in [0, 0.1) is 0 Å². The summed E-state index contributed by atoms with van der Waals surface area (Å²) in [6.07, 6.45) is 2.22. The average molecular weight is 392 g/mol. The second-order valence-corrected chi connectivity index (χ2v) is 7.40. The molecule has 0 atom stereocenters. The monoisotopic (exact) mass is 392 g/mol. The molecule has 1 aromatic heterocycles. The Balaban J connectivity index is 1.96. The van der Waals surface area contributed by atoms with E-state index in [1.54, 1.807) is 37.5 Å². The summed E-state index contributed by atoms with van der Waals surface area (Å²) in [7, 11) is 1.55. The Hall–Kier alpha value is -3.38. The van der Waals surface area contributed by atoms with Crippen LogP contribution in [0.1, 0.15) is 35.3 Å². The van der Waals surface area contributed by atoms with Crippen LogP contribution in [-0.4, -0.2) is 13.0 Å². The van der Waals surface area contributed by atoms with Gasteiger partial charge in [0.2, 0.25) is 0 Å². The topological polar surface area (TPSA) is 94.6 Å². The predicted molar refractivity (Wildman–Crippen MR) is 115 cm³/mol. The predicted octanol–water partition coefficient (Wildman–Crippen LogP) is 3.98. The molecule has 3 rings (SSSR count). The minimum Gasteiger partial charge on any atom is -0.497 e. The van der Waals surface area contributed by atoms with Crippen LogP contribution in [0.2, 0.25) is 0 Å². The van der Waals surface area contributed by atoms with E-state index in [0.29, 0.717) is 28.8 Å². The van der Waals surface area contributed by atoms with E-state index in [-0.39, 0.29) is 5.56 Å². The maximum absolute atomic E-state index is 12.7. The first-order chi connectivity index (χ1) is 13.7. The van der Waals surface area contributed by atoms with E-state index in [2.05, 4.69) is 11.9 Å². The second kappa shape index (κ2) is 7.93. The fourth-order valence-corrected chi connectivity index (χ4v) is 3.04. The van der Waals surface area contributed by atoms with Crippen LogP contribution < -0.4 is 21.4 Å². The van der Waals surface area contributed by atoms with Crippen molar-refractivity contribution in [2.45, 2.75) is 25.8 Å². The number of anilines is 1. The van der Waals surface area contributed by atoms with E-state index >= 15 is 0 Å². The Morgan fingerprint density at radius 1 is 1.24 bits per heavy atom. The number of ether oxygens (including phenoxy) is 1. The molecule has 0 spiro atoms. The Bertz CT molecular complexity index is 1120. The van der Waals surface area contributed by atoms with Crippen LogP contribution in [0.3, 0.4) is 0 Å². The number of rotatable bonds is 6. The van der Waals surface area contributed by atoms with E-state index in [1.165, 1.54) is 6.07 Å². The quantitative estimate of drug-likeness (QED) is 0.489. The van der Waals surface area contributed by atoms with Gasteiger partial charge in [-0.05, 0) is 56.2 Å². The van der Waals surface area contributed by atoms with Crippen LogP contribution >= 0.6 is 0 Å². The number of methoxy groups -OCH3 is 1. The summed E-state index contributed by atoms with van der Waals surface area (Å²) in [5.41, 5.74) is 7.47. The molecule has 0 aliphatic rings. The van der Waals surface area contributed by atoms with E-state index in [0.717, 1.165) is 11.1 Å². The van der Waals surface area contributed by atoms with Gasteiger partial charge in [-0.15, -0.1) is 6.58 Å². The molecular formula is C23H24N2O4. The molecule has 150 valence electrons. The van der Waals surface area contributed by atoms with Gasteiger partial charge in [-0.25, -0.2) is 4.79 Å². The van der Waals surface area contributed by atoms with E-state index in [4.69, 9.17) is 14.9 Å². The second-order valence-electron chi connectivity index (χ2n) is 7.40. The number of amides is 1. The average Bonchev–Trinajstić information content (AvgIpc) is 2.67. The molecular weight excluding hydrogens is 368 g/mol. The van der Waals surface area contributed by atoms with Gasteiger partial charge in [-0.1, -0.05) is 18.2 Å². The molecule has 0 bridgehead atoms. The molecule has 1 heterocycles. The lowest BCUT2D eigenvalue weighted by Crippen LogP contribution is -2.28. The van der Waals surface area contributed by atoms with Gasteiger partial charge in [0.1, 0.15) is 16.9 Å². The Morgan fingerprint density at radius 2 is 1.93 bits per heavy atom. The number of carbonyl (C=O) groups excluding carboxylic acids is 1. The first-order valence-electron chi connectivity index (χ1n) is 9.19. The summed E-state index contributed by atoms with van der Waals surface area (Å²) in [4.78, 5) is 25.1. The number of benzene rings is 2. The molecule has 0 radical (unpaired) electrons. The third-order valence-electron chi connectivity index (χ3n) is 4.61. The summed E-state index contributed by atoms with van der Waals surface area (Å²) in [5, 5.41) is 3.33.